The zero-order valence-corrected chi connectivity index (χ0v) is 16.6. The summed E-state index contributed by atoms with van der Waals surface area (Å²) in [7, 11) is 0. The van der Waals surface area contributed by atoms with Crippen molar-refractivity contribution in [1.29, 1.82) is 0 Å². The highest BCUT2D eigenvalue weighted by Gasteiger charge is 2.32. The molecule has 2 rings (SSSR count). The maximum atomic E-state index is 12.6. The summed E-state index contributed by atoms with van der Waals surface area (Å²) < 4.78 is 6.17. The number of carbonyl (C=O) groups is 2. The molecule has 0 aromatic heterocycles. The van der Waals surface area contributed by atoms with Gasteiger partial charge < -0.3 is 14.5 Å². The standard InChI is InChI=1S/C17H22BrClN2O3/c1-11-10-20(7-8-21(11)16(23)24-17(2,3)4)15(22)12-5-6-13(18)14(19)9-12/h5-6,9,11H,7-8,10H2,1-4H3/t11-/m1/s1. The minimum atomic E-state index is -0.530. The van der Waals surface area contributed by atoms with Crippen LogP contribution in [0.25, 0.3) is 0 Å². The number of rotatable bonds is 1. The number of benzene rings is 1. The van der Waals surface area contributed by atoms with Gasteiger partial charge in [0.05, 0.1) is 5.02 Å². The summed E-state index contributed by atoms with van der Waals surface area (Å²) in [5.74, 6) is -0.0833. The molecular formula is C17H22BrClN2O3. The number of halogens is 2. The number of hydrogen-bond donors (Lipinski definition) is 0. The Morgan fingerprint density at radius 3 is 2.50 bits per heavy atom. The maximum absolute atomic E-state index is 12.6. The Bertz CT molecular complexity index is 645. The Labute approximate surface area is 156 Å². The molecule has 1 aliphatic heterocycles. The van der Waals surface area contributed by atoms with Crippen molar-refractivity contribution in [2.45, 2.75) is 39.3 Å². The van der Waals surface area contributed by atoms with Crippen molar-refractivity contribution in [3.63, 3.8) is 0 Å². The van der Waals surface area contributed by atoms with E-state index in [0.29, 0.717) is 30.2 Å². The Kier molecular flexibility index (Phi) is 5.81. The first kappa shape index (κ1) is 19.1. The van der Waals surface area contributed by atoms with E-state index >= 15 is 0 Å². The smallest absolute Gasteiger partial charge is 0.410 e. The summed E-state index contributed by atoms with van der Waals surface area (Å²) in [5, 5.41) is 0.501. The third-order valence-electron chi connectivity index (χ3n) is 3.71. The van der Waals surface area contributed by atoms with Gasteiger partial charge in [0.15, 0.2) is 0 Å². The Balaban J connectivity index is 2.03. The molecule has 0 bridgehead atoms. The van der Waals surface area contributed by atoms with Crippen LogP contribution in [0, 0.1) is 0 Å². The number of hydrogen-bond acceptors (Lipinski definition) is 3. The van der Waals surface area contributed by atoms with Crippen LogP contribution in [-0.2, 0) is 4.74 Å². The van der Waals surface area contributed by atoms with Crippen LogP contribution in [0.3, 0.4) is 0 Å². The van der Waals surface area contributed by atoms with E-state index in [1.165, 1.54) is 0 Å². The lowest BCUT2D eigenvalue weighted by Gasteiger charge is -2.40. The molecule has 1 saturated heterocycles. The van der Waals surface area contributed by atoms with E-state index in [0.717, 1.165) is 4.47 Å². The van der Waals surface area contributed by atoms with Crippen LogP contribution in [0.5, 0.6) is 0 Å². The van der Waals surface area contributed by atoms with Gasteiger partial charge in [-0.2, -0.15) is 0 Å². The van der Waals surface area contributed by atoms with Gasteiger partial charge in [0.25, 0.3) is 5.91 Å². The fourth-order valence-corrected chi connectivity index (χ4v) is 2.97. The first-order chi connectivity index (χ1) is 11.1. The van der Waals surface area contributed by atoms with Crippen LogP contribution < -0.4 is 0 Å². The van der Waals surface area contributed by atoms with Crippen molar-refractivity contribution in [2.75, 3.05) is 19.6 Å². The lowest BCUT2D eigenvalue weighted by molar-refractivity contribution is 0.00198. The summed E-state index contributed by atoms with van der Waals surface area (Å²) in [6.07, 6.45) is -0.339. The molecular weight excluding hydrogens is 396 g/mol. The fraction of sp³-hybridized carbons (Fsp3) is 0.529. The summed E-state index contributed by atoms with van der Waals surface area (Å²) >= 11 is 9.38. The van der Waals surface area contributed by atoms with Gasteiger partial charge in [-0.1, -0.05) is 11.6 Å². The second-order valence-electron chi connectivity index (χ2n) is 6.90. The van der Waals surface area contributed by atoms with Crippen LogP contribution in [-0.4, -0.2) is 53.1 Å². The topological polar surface area (TPSA) is 49.9 Å². The van der Waals surface area contributed by atoms with Gasteiger partial charge in [0, 0.05) is 35.7 Å². The van der Waals surface area contributed by atoms with Crippen molar-refractivity contribution < 1.29 is 14.3 Å². The molecule has 1 heterocycles. The van der Waals surface area contributed by atoms with Crippen molar-refractivity contribution in [3.8, 4) is 0 Å². The monoisotopic (exact) mass is 416 g/mol. The molecule has 1 atom stereocenters. The Hall–Kier alpha value is -1.27. The number of amides is 2. The minimum absolute atomic E-state index is 0.0833. The second kappa shape index (κ2) is 7.31. The van der Waals surface area contributed by atoms with E-state index in [1.54, 1.807) is 28.0 Å². The summed E-state index contributed by atoms with van der Waals surface area (Å²) in [6.45, 7) is 8.82. The van der Waals surface area contributed by atoms with Crippen molar-refractivity contribution >= 4 is 39.5 Å². The van der Waals surface area contributed by atoms with Crippen LogP contribution in [0.15, 0.2) is 22.7 Å². The molecule has 0 unspecified atom stereocenters. The lowest BCUT2D eigenvalue weighted by atomic mass is 10.1. The third-order valence-corrected chi connectivity index (χ3v) is 4.94. The van der Waals surface area contributed by atoms with E-state index in [4.69, 9.17) is 16.3 Å². The predicted molar refractivity (Wildman–Crippen MR) is 97.5 cm³/mol. The second-order valence-corrected chi connectivity index (χ2v) is 8.16. The third kappa shape index (κ3) is 4.63. The Morgan fingerprint density at radius 2 is 1.96 bits per heavy atom. The normalized spacial score (nSPS) is 18.5. The summed E-state index contributed by atoms with van der Waals surface area (Å²) in [5.41, 5.74) is 0.0129. The van der Waals surface area contributed by atoms with E-state index in [1.807, 2.05) is 27.7 Å². The molecule has 1 fully saturated rings. The van der Waals surface area contributed by atoms with E-state index in [-0.39, 0.29) is 18.0 Å². The lowest BCUT2D eigenvalue weighted by Crippen LogP contribution is -2.56. The zero-order chi connectivity index (χ0) is 18.1. The average Bonchev–Trinajstić information content (AvgIpc) is 2.47. The van der Waals surface area contributed by atoms with Crippen LogP contribution >= 0.6 is 27.5 Å². The van der Waals surface area contributed by atoms with Gasteiger partial charge in [0.1, 0.15) is 5.60 Å². The molecule has 0 radical (unpaired) electrons. The highest BCUT2D eigenvalue weighted by Crippen LogP contribution is 2.24. The Morgan fingerprint density at radius 1 is 1.29 bits per heavy atom. The average molecular weight is 418 g/mol. The molecule has 0 N–H and O–H groups in total. The van der Waals surface area contributed by atoms with Gasteiger partial charge in [-0.25, -0.2) is 4.79 Å². The number of ether oxygens (including phenoxy) is 1. The SMILES string of the molecule is C[C@@H]1CN(C(=O)c2ccc(Br)c(Cl)c2)CCN1C(=O)OC(C)(C)C. The molecule has 2 amide bonds. The molecule has 1 aliphatic rings. The zero-order valence-electron chi connectivity index (χ0n) is 14.3. The predicted octanol–water partition coefficient (Wildman–Crippen LogP) is 4.18. The van der Waals surface area contributed by atoms with E-state index < -0.39 is 5.60 Å². The van der Waals surface area contributed by atoms with Gasteiger partial charge >= 0.3 is 6.09 Å². The maximum Gasteiger partial charge on any atom is 0.410 e. The van der Waals surface area contributed by atoms with Gasteiger partial charge in [0.2, 0.25) is 0 Å². The number of nitrogens with zero attached hydrogens (tertiary/aromatic N) is 2. The molecule has 1 aromatic rings. The van der Waals surface area contributed by atoms with Gasteiger partial charge in [-0.05, 0) is 61.8 Å². The van der Waals surface area contributed by atoms with Crippen LogP contribution in [0.2, 0.25) is 5.02 Å². The fourth-order valence-electron chi connectivity index (χ4n) is 2.55. The summed E-state index contributed by atoms with van der Waals surface area (Å²) in [4.78, 5) is 28.3. The number of piperazine rings is 1. The van der Waals surface area contributed by atoms with Crippen molar-refractivity contribution in [1.82, 2.24) is 9.80 Å². The molecule has 7 heteroatoms. The van der Waals surface area contributed by atoms with Crippen LogP contribution in [0.1, 0.15) is 38.1 Å². The quantitative estimate of drug-likeness (QED) is 0.688. The molecule has 0 aliphatic carbocycles. The van der Waals surface area contributed by atoms with Crippen molar-refractivity contribution in [3.05, 3.63) is 33.3 Å². The van der Waals surface area contributed by atoms with E-state index in [9.17, 15) is 9.59 Å². The molecule has 0 spiro atoms. The van der Waals surface area contributed by atoms with Gasteiger partial charge in [-0.3, -0.25) is 4.79 Å². The first-order valence-electron chi connectivity index (χ1n) is 7.82. The molecule has 1 aromatic carbocycles. The van der Waals surface area contributed by atoms with Crippen molar-refractivity contribution in [2.24, 2.45) is 0 Å². The first-order valence-corrected chi connectivity index (χ1v) is 8.99. The molecule has 5 nitrogen and oxygen atoms in total. The highest BCUT2D eigenvalue weighted by molar-refractivity contribution is 9.10. The molecule has 0 saturated carbocycles. The summed E-state index contributed by atoms with van der Waals surface area (Å²) in [6, 6.07) is 5.04. The van der Waals surface area contributed by atoms with E-state index in [2.05, 4.69) is 15.9 Å². The highest BCUT2D eigenvalue weighted by atomic mass is 79.9. The number of carbonyl (C=O) groups excluding carboxylic acids is 2. The largest absolute Gasteiger partial charge is 0.444 e. The minimum Gasteiger partial charge on any atom is -0.444 e. The molecule has 132 valence electrons. The molecule has 24 heavy (non-hydrogen) atoms. The van der Waals surface area contributed by atoms with Gasteiger partial charge in [-0.15, -0.1) is 0 Å². The van der Waals surface area contributed by atoms with Crippen LogP contribution in [0.4, 0.5) is 4.79 Å².